The molecule has 2 aliphatic rings. The fourth-order valence-electron chi connectivity index (χ4n) is 2.21. The van der Waals surface area contributed by atoms with Crippen LogP contribution in [0.4, 0.5) is 5.13 Å². The number of thiazole rings is 1. The summed E-state index contributed by atoms with van der Waals surface area (Å²) in [5.74, 6) is 0.857. The molecule has 0 bridgehead atoms. The van der Waals surface area contributed by atoms with Crippen LogP contribution >= 0.6 is 34.5 Å². The van der Waals surface area contributed by atoms with Crippen molar-refractivity contribution in [1.82, 2.24) is 4.98 Å². The zero-order chi connectivity index (χ0) is 15.3. The molecule has 1 unspecified atom stereocenters. The van der Waals surface area contributed by atoms with Crippen LogP contribution in [-0.2, 0) is 4.79 Å². The number of nitrogens with one attached hydrogen (secondary N) is 1. The Morgan fingerprint density at radius 2 is 2.14 bits per heavy atom. The van der Waals surface area contributed by atoms with E-state index in [9.17, 15) is 4.79 Å². The van der Waals surface area contributed by atoms with E-state index in [1.165, 1.54) is 11.3 Å². The molecule has 0 radical (unpaired) electrons. The molecule has 1 fully saturated rings. The van der Waals surface area contributed by atoms with Crippen LogP contribution in [-0.4, -0.2) is 22.0 Å². The number of aromatic nitrogens is 1. The van der Waals surface area contributed by atoms with Crippen LogP contribution in [0.2, 0.25) is 0 Å². The quantitative estimate of drug-likeness (QED) is 0.852. The van der Waals surface area contributed by atoms with Crippen molar-refractivity contribution in [2.75, 3.05) is 12.1 Å². The van der Waals surface area contributed by atoms with E-state index in [0.717, 1.165) is 17.0 Å². The van der Waals surface area contributed by atoms with Gasteiger partial charge in [-0.05, 0) is 24.6 Å². The zero-order valence-electron chi connectivity index (χ0n) is 11.1. The molecule has 2 aromatic rings. The van der Waals surface area contributed by atoms with E-state index in [4.69, 9.17) is 32.7 Å². The Morgan fingerprint density at radius 3 is 2.91 bits per heavy atom. The largest absolute Gasteiger partial charge is 0.454 e. The molecule has 0 saturated heterocycles. The molecule has 1 amide bonds. The number of rotatable bonds is 3. The standard InChI is InChI=1S/C14H10Cl2N2O3S/c15-14(16)4-8(14)12(19)18-13-17-9(5-22-13)7-1-2-10-11(3-7)21-6-20-10/h1-3,5,8H,4,6H2,(H,17,18,19). The van der Waals surface area contributed by atoms with Gasteiger partial charge in [-0.2, -0.15) is 0 Å². The molecule has 0 spiro atoms. The number of hydrogen-bond donors (Lipinski definition) is 1. The van der Waals surface area contributed by atoms with E-state index in [1.54, 1.807) is 0 Å². The third kappa shape index (κ3) is 2.51. The van der Waals surface area contributed by atoms with Crippen LogP contribution in [0, 0.1) is 5.92 Å². The number of carbonyl (C=O) groups is 1. The second-order valence-electron chi connectivity index (χ2n) is 5.11. The average molecular weight is 357 g/mol. The van der Waals surface area contributed by atoms with Crippen molar-refractivity contribution in [3.05, 3.63) is 23.6 Å². The highest BCUT2D eigenvalue weighted by atomic mass is 35.5. The van der Waals surface area contributed by atoms with Crippen molar-refractivity contribution in [2.24, 2.45) is 5.92 Å². The highest BCUT2D eigenvalue weighted by molar-refractivity contribution is 7.14. The monoisotopic (exact) mass is 356 g/mol. The molecule has 114 valence electrons. The van der Waals surface area contributed by atoms with Crippen molar-refractivity contribution in [2.45, 2.75) is 10.8 Å². The predicted octanol–water partition coefficient (Wildman–Crippen LogP) is 3.67. The minimum absolute atomic E-state index is 0.198. The van der Waals surface area contributed by atoms with Crippen molar-refractivity contribution < 1.29 is 14.3 Å². The highest BCUT2D eigenvalue weighted by Gasteiger charge is 2.56. The first-order valence-electron chi connectivity index (χ1n) is 6.57. The molecule has 1 saturated carbocycles. The summed E-state index contributed by atoms with van der Waals surface area (Å²) in [7, 11) is 0. The maximum absolute atomic E-state index is 11.9. The number of ether oxygens (including phenoxy) is 2. The summed E-state index contributed by atoms with van der Waals surface area (Å²) in [5, 5.41) is 5.14. The Hall–Kier alpha value is -1.50. The molecule has 5 nitrogen and oxygen atoms in total. The van der Waals surface area contributed by atoms with Crippen molar-refractivity contribution in [1.29, 1.82) is 0 Å². The molecule has 22 heavy (non-hydrogen) atoms. The van der Waals surface area contributed by atoms with Crippen LogP contribution in [0.1, 0.15) is 6.42 Å². The number of alkyl halides is 2. The summed E-state index contributed by atoms with van der Waals surface area (Å²) in [5.41, 5.74) is 1.66. The van der Waals surface area contributed by atoms with Crippen LogP contribution in [0.3, 0.4) is 0 Å². The van der Waals surface area contributed by atoms with Gasteiger partial charge in [-0.25, -0.2) is 4.98 Å². The first-order chi connectivity index (χ1) is 10.5. The number of amides is 1. The number of anilines is 1. The van der Waals surface area contributed by atoms with Gasteiger partial charge >= 0.3 is 0 Å². The third-order valence-electron chi connectivity index (χ3n) is 3.55. The maximum atomic E-state index is 11.9. The van der Waals surface area contributed by atoms with Gasteiger partial charge in [0.15, 0.2) is 16.6 Å². The first-order valence-corrected chi connectivity index (χ1v) is 8.21. The molecule has 1 aliphatic carbocycles. The summed E-state index contributed by atoms with van der Waals surface area (Å²) in [6, 6.07) is 5.61. The number of benzene rings is 1. The smallest absolute Gasteiger partial charge is 0.232 e. The fraction of sp³-hybridized carbons (Fsp3) is 0.286. The summed E-state index contributed by atoms with van der Waals surface area (Å²) in [6.45, 7) is 0.233. The average Bonchev–Trinajstić information content (AvgIpc) is 2.90. The summed E-state index contributed by atoms with van der Waals surface area (Å²) >= 11 is 13.1. The molecular weight excluding hydrogens is 347 g/mol. The lowest BCUT2D eigenvalue weighted by molar-refractivity contribution is -0.117. The Bertz CT molecular complexity index is 762. The lowest BCUT2D eigenvalue weighted by atomic mass is 10.1. The van der Waals surface area contributed by atoms with Crippen LogP contribution in [0.5, 0.6) is 11.5 Å². The van der Waals surface area contributed by atoms with Gasteiger partial charge in [0.2, 0.25) is 12.7 Å². The van der Waals surface area contributed by atoms with E-state index >= 15 is 0 Å². The van der Waals surface area contributed by atoms with Crippen LogP contribution in [0.25, 0.3) is 11.3 Å². The van der Waals surface area contributed by atoms with Gasteiger partial charge in [0.25, 0.3) is 0 Å². The second kappa shape index (κ2) is 5.01. The number of fused-ring (bicyclic) bond motifs is 1. The van der Waals surface area contributed by atoms with Crippen molar-refractivity contribution >= 4 is 45.6 Å². The topological polar surface area (TPSA) is 60.5 Å². The molecule has 1 atom stereocenters. The van der Waals surface area contributed by atoms with Crippen LogP contribution < -0.4 is 14.8 Å². The molecular formula is C14H10Cl2N2O3S. The molecule has 1 aliphatic heterocycles. The second-order valence-corrected chi connectivity index (χ2v) is 7.51. The van der Waals surface area contributed by atoms with E-state index in [0.29, 0.717) is 17.3 Å². The predicted molar refractivity (Wildman–Crippen MR) is 84.8 cm³/mol. The maximum Gasteiger partial charge on any atom is 0.232 e. The fourth-order valence-corrected chi connectivity index (χ4v) is 3.44. The normalized spacial score (nSPS) is 20.7. The molecule has 1 aromatic carbocycles. The third-order valence-corrected chi connectivity index (χ3v) is 5.14. The van der Waals surface area contributed by atoms with Gasteiger partial charge in [0.05, 0.1) is 11.6 Å². The van der Waals surface area contributed by atoms with Crippen molar-refractivity contribution in [3.63, 3.8) is 0 Å². The van der Waals surface area contributed by atoms with E-state index in [2.05, 4.69) is 10.3 Å². The highest BCUT2D eigenvalue weighted by Crippen LogP contribution is 2.53. The number of halogens is 2. The Kier molecular flexibility index (Phi) is 3.21. The number of hydrogen-bond acceptors (Lipinski definition) is 5. The van der Waals surface area contributed by atoms with Gasteiger partial charge < -0.3 is 14.8 Å². The van der Waals surface area contributed by atoms with Gasteiger partial charge in [-0.15, -0.1) is 34.5 Å². The summed E-state index contributed by atoms with van der Waals surface area (Å²) in [6.07, 6.45) is 0.475. The van der Waals surface area contributed by atoms with Crippen molar-refractivity contribution in [3.8, 4) is 22.8 Å². The van der Waals surface area contributed by atoms with E-state index < -0.39 is 4.33 Å². The Balaban J connectivity index is 1.51. The lowest BCUT2D eigenvalue weighted by Gasteiger charge is -2.01. The lowest BCUT2D eigenvalue weighted by Crippen LogP contribution is -2.16. The first kappa shape index (κ1) is 14.1. The van der Waals surface area contributed by atoms with Crippen LogP contribution in [0.15, 0.2) is 23.6 Å². The zero-order valence-corrected chi connectivity index (χ0v) is 13.5. The van der Waals surface area contributed by atoms with Gasteiger partial charge in [0.1, 0.15) is 4.33 Å². The number of nitrogens with zero attached hydrogens (tertiary/aromatic N) is 1. The van der Waals surface area contributed by atoms with Gasteiger partial charge in [0, 0.05) is 10.9 Å². The summed E-state index contributed by atoms with van der Waals surface area (Å²) in [4.78, 5) is 16.3. The molecule has 2 heterocycles. The summed E-state index contributed by atoms with van der Waals surface area (Å²) < 4.78 is 9.70. The molecule has 1 N–H and O–H groups in total. The molecule has 1 aromatic heterocycles. The SMILES string of the molecule is O=C(Nc1nc(-c2ccc3c(c2)OCO3)cs1)C1CC1(Cl)Cl. The Morgan fingerprint density at radius 1 is 1.36 bits per heavy atom. The molecule has 4 rings (SSSR count). The van der Waals surface area contributed by atoms with Gasteiger partial charge in [-0.1, -0.05) is 0 Å². The number of carbonyl (C=O) groups excluding carboxylic acids is 1. The minimum atomic E-state index is -0.929. The minimum Gasteiger partial charge on any atom is -0.454 e. The van der Waals surface area contributed by atoms with E-state index in [1.807, 2.05) is 23.6 Å². The molecule has 8 heteroatoms. The van der Waals surface area contributed by atoms with Gasteiger partial charge in [-0.3, -0.25) is 4.79 Å². The Labute approximate surface area is 140 Å². The van der Waals surface area contributed by atoms with E-state index in [-0.39, 0.29) is 18.6 Å².